The lowest BCUT2D eigenvalue weighted by atomic mass is 9.98. The van der Waals surface area contributed by atoms with E-state index in [4.69, 9.17) is 16.3 Å². The summed E-state index contributed by atoms with van der Waals surface area (Å²) in [6.07, 6.45) is 12.9. The van der Waals surface area contributed by atoms with Crippen LogP contribution in [0.4, 0.5) is 5.69 Å². The van der Waals surface area contributed by atoms with Crippen molar-refractivity contribution in [3.8, 4) is 5.75 Å². The summed E-state index contributed by atoms with van der Waals surface area (Å²) >= 11 is 5.97. The largest absolute Gasteiger partial charge is 0.495 e. The fraction of sp³-hybridized carbons (Fsp3) is 0.619. The minimum atomic E-state index is -0.693. The molecule has 0 atom stereocenters. The number of halogens is 1. The smallest absolute Gasteiger partial charge is 0.313 e. The van der Waals surface area contributed by atoms with Crippen molar-refractivity contribution in [2.24, 2.45) is 0 Å². The van der Waals surface area contributed by atoms with Crippen LogP contribution in [0.5, 0.6) is 5.75 Å². The Hall–Kier alpha value is -1.75. The summed E-state index contributed by atoms with van der Waals surface area (Å²) in [5, 5.41) is 5.98. The van der Waals surface area contributed by atoms with Gasteiger partial charge in [-0.15, -0.1) is 0 Å². The van der Waals surface area contributed by atoms with Crippen LogP contribution < -0.4 is 15.4 Å². The van der Waals surface area contributed by atoms with E-state index in [0.717, 1.165) is 25.7 Å². The van der Waals surface area contributed by atoms with Crippen molar-refractivity contribution >= 4 is 29.1 Å². The van der Waals surface area contributed by atoms with E-state index in [1.54, 1.807) is 18.2 Å². The van der Waals surface area contributed by atoms with Crippen molar-refractivity contribution in [2.45, 2.75) is 76.7 Å². The van der Waals surface area contributed by atoms with Crippen molar-refractivity contribution in [3.05, 3.63) is 23.2 Å². The van der Waals surface area contributed by atoms with Gasteiger partial charge >= 0.3 is 11.8 Å². The fourth-order valence-corrected chi connectivity index (χ4v) is 3.69. The zero-order valence-electron chi connectivity index (χ0n) is 16.2. The maximum Gasteiger partial charge on any atom is 0.313 e. The minimum absolute atomic E-state index is 0.0592. The molecule has 5 nitrogen and oxygen atoms in total. The number of amides is 2. The highest BCUT2D eigenvalue weighted by Crippen LogP contribution is 2.27. The van der Waals surface area contributed by atoms with E-state index in [-0.39, 0.29) is 6.04 Å². The van der Waals surface area contributed by atoms with Gasteiger partial charge in [-0.2, -0.15) is 0 Å². The topological polar surface area (TPSA) is 67.4 Å². The number of methoxy groups -OCH3 is 1. The van der Waals surface area contributed by atoms with Gasteiger partial charge in [0.1, 0.15) is 5.75 Å². The molecule has 2 amide bonds. The lowest BCUT2D eigenvalue weighted by molar-refractivity contribution is -0.136. The van der Waals surface area contributed by atoms with E-state index >= 15 is 0 Å². The summed E-state index contributed by atoms with van der Waals surface area (Å²) in [4.78, 5) is 24.7. The molecule has 0 spiro atoms. The number of rotatable bonds is 3. The van der Waals surface area contributed by atoms with Gasteiger partial charge in [0, 0.05) is 11.1 Å². The number of hydrogen-bond donors (Lipinski definition) is 2. The third-order valence-corrected chi connectivity index (χ3v) is 5.29. The van der Waals surface area contributed by atoms with Crippen LogP contribution in [0.2, 0.25) is 5.02 Å². The molecule has 150 valence electrons. The molecule has 0 bridgehead atoms. The molecule has 1 aliphatic rings. The maximum atomic E-state index is 12.4. The molecule has 0 heterocycles. The highest BCUT2D eigenvalue weighted by molar-refractivity contribution is 6.40. The predicted octanol–water partition coefficient (Wildman–Crippen LogP) is 5.08. The minimum Gasteiger partial charge on any atom is -0.495 e. The molecule has 1 saturated carbocycles. The van der Waals surface area contributed by atoms with Gasteiger partial charge in [-0.25, -0.2) is 0 Å². The molecule has 1 aliphatic carbocycles. The maximum absolute atomic E-state index is 12.4. The summed E-state index contributed by atoms with van der Waals surface area (Å²) in [7, 11) is 1.50. The van der Waals surface area contributed by atoms with Crippen LogP contribution in [0.15, 0.2) is 18.2 Å². The highest BCUT2D eigenvalue weighted by Gasteiger charge is 2.20. The number of carbonyl (C=O) groups is 2. The molecular weight excluding hydrogens is 364 g/mol. The molecule has 1 fully saturated rings. The van der Waals surface area contributed by atoms with Gasteiger partial charge in [0.25, 0.3) is 0 Å². The van der Waals surface area contributed by atoms with E-state index in [1.807, 2.05) is 0 Å². The van der Waals surface area contributed by atoms with Gasteiger partial charge < -0.3 is 15.4 Å². The second kappa shape index (κ2) is 11.9. The van der Waals surface area contributed by atoms with Crippen molar-refractivity contribution < 1.29 is 14.3 Å². The Morgan fingerprint density at radius 2 is 1.48 bits per heavy atom. The van der Waals surface area contributed by atoms with E-state index in [0.29, 0.717) is 16.5 Å². The molecule has 0 aromatic heterocycles. The quantitative estimate of drug-likeness (QED) is 0.702. The van der Waals surface area contributed by atoms with Crippen LogP contribution in [0, 0.1) is 0 Å². The molecule has 6 heteroatoms. The fourth-order valence-electron chi connectivity index (χ4n) is 3.52. The van der Waals surface area contributed by atoms with Gasteiger partial charge in [-0.05, 0) is 31.0 Å². The number of nitrogens with one attached hydrogen (secondary N) is 2. The summed E-state index contributed by atoms with van der Waals surface area (Å²) in [5.74, 6) is -0.831. The van der Waals surface area contributed by atoms with Gasteiger partial charge in [-0.1, -0.05) is 69.4 Å². The normalized spacial score (nSPS) is 17.3. The monoisotopic (exact) mass is 394 g/mol. The average molecular weight is 395 g/mol. The second-order valence-corrected chi connectivity index (χ2v) is 7.66. The highest BCUT2D eigenvalue weighted by atomic mass is 35.5. The molecule has 27 heavy (non-hydrogen) atoms. The number of hydrogen-bond acceptors (Lipinski definition) is 3. The van der Waals surface area contributed by atoms with E-state index in [2.05, 4.69) is 10.6 Å². The number of benzene rings is 1. The van der Waals surface area contributed by atoms with Crippen LogP contribution >= 0.6 is 11.6 Å². The predicted molar refractivity (Wildman–Crippen MR) is 109 cm³/mol. The third kappa shape index (κ3) is 7.79. The van der Waals surface area contributed by atoms with Gasteiger partial charge in [-0.3, -0.25) is 9.59 Å². The van der Waals surface area contributed by atoms with Crippen molar-refractivity contribution in [1.82, 2.24) is 5.32 Å². The molecule has 0 aliphatic heterocycles. The van der Waals surface area contributed by atoms with E-state index < -0.39 is 11.8 Å². The second-order valence-electron chi connectivity index (χ2n) is 7.23. The Kier molecular flexibility index (Phi) is 9.46. The molecule has 2 rings (SSSR count). The van der Waals surface area contributed by atoms with Crippen LogP contribution in [-0.4, -0.2) is 25.0 Å². The Balaban J connectivity index is 1.90. The summed E-state index contributed by atoms with van der Waals surface area (Å²) in [5.41, 5.74) is 0.392. The van der Waals surface area contributed by atoms with Crippen LogP contribution in [0.1, 0.15) is 70.6 Å². The number of carbonyl (C=O) groups excluding carboxylic acids is 2. The molecule has 1 aromatic rings. The molecule has 2 N–H and O–H groups in total. The standard InChI is InChI=1S/C21H31ClN2O3/c1-27-19-14-13-16(22)15-18(19)24-21(26)20(25)23-17-11-9-7-5-3-2-4-6-8-10-12-17/h13-15,17H,2-12H2,1H3,(H,23,25)(H,24,26). The zero-order chi connectivity index (χ0) is 19.5. The first kappa shape index (κ1) is 21.5. The average Bonchev–Trinajstić information content (AvgIpc) is 2.64. The molecular formula is C21H31ClN2O3. The molecule has 0 saturated heterocycles. The molecule has 1 aromatic carbocycles. The summed E-state index contributed by atoms with van der Waals surface area (Å²) in [6, 6.07) is 4.95. The lowest BCUT2D eigenvalue weighted by Crippen LogP contribution is -2.42. The van der Waals surface area contributed by atoms with Crippen molar-refractivity contribution in [1.29, 1.82) is 0 Å². The lowest BCUT2D eigenvalue weighted by Gasteiger charge is -2.19. The van der Waals surface area contributed by atoms with Crippen molar-refractivity contribution in [3.63, 3.8) is 0 Å². The summed E-state index contributed by atoms with van der Waals surface area (Å²) in [6.45, 7) is 0. The van der Waals surface area contributed by atoms with Gasteiger partial charge in [0.2, 0.25) is 0 Å². The van der Waals surface area contributed by atoms with Gasteiger partial charge in [0.05, 0.1) is 12.8 Å². The van der Waals surface area contributed by atoms with Gasteiger partial charge in [0.15, 0.2) is 0 Å². The molecule has 0 radical (unpaired) electrons. The first-order valence-corrected chi connectivity index (χ1v) is 10.4. The van der Waals surface area contributed by atoms with Crippen LogP contribution in [0.3, 0.4) is 0 Å². The van der Waals surface area contributed by atoms with Crippen LogP contribution in [-0.2, 0) is 9.59 Å². The number of ether oxygens (including phenoxy) is 1. The zero-order valence-corrected chi connectivity index (χ0v) is 16.9. The SMILES string of the molecule is COc1ccc(Cl)cc1NC(=O)C(=O)NC1CCCCCCCCCCC1. The van der Waals surface area contributed by atoms with E-state index in [9.17, 15) is 9.59 Å². The first-order valence-electron chi connectivity index (χ1n) is 10.1. The van der Waals surface area contributed by atoms with E-state index in [1.165, 1.54) is 52.1 Å². The Bertz CT molecular complexity index is 609. The Morgan fingerprint density at radius 3 is 2.04 bits per heavy atom. The van der Waals surface area contributed by atoms with Crippen LogP contribution in [0.25, 0.3) is 0 Å². The molecule has 0 unspecified atom stereocenters. The summed E-state index contributed by atoms with van der Waals surface area (Å²) < 4.78 is 5.20. The number of anilines is 1. The third-order valence-electron chi connectivity index (χ3n) is 5.06. The van der Waals surface area contributed by atoms with Crippen molar-refractivity contribution in [2.75, 3.05) is 12.4 Å². The Labute approximate surface area is 167 Å². The first-order chi connectivity index (χ1) is 13.1. The Morgan fingerprint density at radius 1 is 0.926 bits per heavy atom.